The summed E-state index contributed by atoms with van der Waals surface area (Å²) in [5.74, 6) is -2.85. The molecule has 0 aromatic carbocycles. The van der Waals surface area contributed by atoms with E-state index in [9.17, 15) is 14.4 Å². The molecule has 90 valence electrons. The molecule has 0 aliphatic rings. The highest BCUT2D eigenvalue weighted by molar-refractivity contribution is 5.82. The van der Waals surface area contributed by atoms with E-state index in [1.807, 2.05) is 0 Å². The molecule has 0 saturated heterocycles. The smallest absolute Gasteiger partial charge is 0.378 e. The van der Waals surface area contributed by atoms with Crippen LogP contribution in [0.1, 0.15) is 20.3 Å². The number of ether oxygens (including phenoxy) is 1. The minimum Gasteiger partial charge on any atom is -0.466 e. The van der Waals surface area contributed by atoms with E-state index in [1.165, 1.54) is 6.92 Å². The summed E-state index contributed by atoms with van der Waals surface area (Å²) >= 11 is 0. The first kappa shape index (κ1) is 14.2. The fourth-order valence-corrected chi connectivity index (χ4v) is 0.773. The highest BCUT2D eigenvalue weighted by atomic mass is 17.2. The Labute approximate surface area is 93.1 Å². The van der Waals surface area contributed by atoms with Crippen LogP contribution in [0.15, 0.2) is 12.7 Å². The monoisotopic (exact) mass is 230 g/mol. The predicted molar refractivity (Wildman–Crippen MR) is 52.8 cm³/mol. The van der Waals surface area contributed by atoms with Gasteiger partial charge in [0.1, 0.15) is 0 Å². The largest absolute Gasteiger partial charge is 0.466 e. The fourth-order valence-electron chi connectivity index (χ4n) is 0.773. The molecule has 16 heavy (non-hydrogen) atoms. The SMILES string of the molecule is C=CC(=O)OOC(=O)CC(C)C(=O)OCC. The van der Waals surface area contributed by atoms with Gasteiger partial charge in [-0.3, -0.25) is 4.79 Å². The maximum absolute atomic E-state index is 11.1. The Morgan fingerprint density at radius 1 is 1.31 bits per heavy atom. The van der Waals surface area contributed by atoms with Crippen LogP contribution in [0.2, 0.25) is 0 Å². The highest BCUT2D eigenvalue weighted by Crippen LogP contribution is 2.06. The Kier molecular flexibility index (Phi) is 6.58. The molecule has 0 saturated carbocycles. The molecule has 0 fully saturated rings. The van der Waals surface area contributed by atoms with Crippen molar-refractivity contribution in [1.29, 1.82) is 0 Å². The predicted octanol–water partition coefficient (Wildman–Crippen LogP) is 0.763. The van der Waals surface area contributed by atoms with Crippen LogP contribution in [-0.2, 0) is 28.9 Å². The third-order valence-corrected chi connectivity index (χ3v) is 1.55. The van der Waals surface area contributed by atoms with Crippen molar-refractivity contribution in [2.75, 3.05) is 6.61 Å². The summed E-state index contributed by atoms with van der Waals surface area (Å²) in [7, 11) is 0. The van der Waals surface area contributed by atoms with Gasteiger partial charge in [0.2, 0.25) is 0 Å². The molecular weight excluding hydrogens is 216 g/mol. The zero-order valence-electron chi connectivity index (χ0n) is 9.23. The van der Waals surface area contributed by atoms with Crippen LogP contribution >= 0.6 is 0 Å². The maximum atomic E-state index is 11.1. The third kappa shape index (κ3) is 5.79. The Balaban J connectivity index is 3.90. The third-order valence-electron chi connectivity index (χ3n) is 1.55. The van der Waals surface area contributed by atoms with Gasteiger partial charge in [0, 0.05) is 6.08 Å². The van der Waals surface area contributed by atoms with Crippen molar-refractivity contribution >= 4 is 17.9 Å². The first-order valence-electron chi connectivity index (χ1n) is 4.71. The van der Waals surface area contributed by atoms with Gasteiger partial charge in [0.15, 0.2) is 0 Å². The molecule has 0 spiro atoms. The van der Waals surface area contributed by atoms with E-state index in [-0.39, 0.29) is 13.0 Å². The Bertz CT molecular complexity index is 283. The van der Waals surface area contributed by atoms with Crippen LogP contribution in [0.25, 0.3) is 0 Å². The van der Waals surface area contributed by atoms with Gasteiger partial charge in [-0.2, -0.15) is 0 Å². The fraction of sp³-hybridized carbons (Fsp3) is 0.500. The first-order valence-corrected chi connectivity index (χ1v) is 4.71. The number of carbonyl (C=O) groups excluding carboxylic acids is 3. The van der Waals surface area contributed by atoms with Crippen LogP contribution in [0.3, 0.4) is 0 Å². The molecule has 0 aliphatic carbocycles. The lowest BCUT2D eigenvalue weighted by atomic mass is 10.1. The average molecular weight is 230 g/mol. The lowest BCUT2D eigenvalue weighted by Gasteiger charge is -2.08. The molecule has 1 unspecified atom stereocenters. The summed E-state index contributed by atoms with van der Waals surface area (Å²) in [4.78, 5) is 40.9. The summed E-state index contributed by atoms with van der Waals surface area (Å²) in [6.45, 7) is 6.52. The van der Waals surface area contributed by atoms with Gasteiger partial charge >= 0.3 is 17.9 Å². The van der Waals surface area contributed by atoms with Crippen molar-refractivity contribution in [2.45, 2.75) is 20.3 Å². The normalized spacial score (nSPS) is 11.1. The van der Waals surface area contributed by atoms with E-state index in [2.05, 4.69) is 21.1 Å². The van der Waals surface area contributed by atoms with Crippen LogP contribution in [0, 0.1) is 5.92 Å². The van der Waals surface area contributed by atoms with Gasteiger partial charge < -0.3 is 4.74 Å². The molecule has 0 aliphatic heterocycles. The van der Waals surface area contributed by atoms with E-state index in [1.54, 1.807) is 6.92 Å². The van der Waals surface area contributed by atoms with Crippen molar-refractivity contribution in [2.24, 2.45) is 5.92 Å². The van der Waals surface area contributed by atoms with E-state index >= 15 is 0 Å². The molecule has 6 heteroatoms. The summed E-state index contributed by atoms with van der Waals surface area (Å²) < 4.78 is 4.68. The molecule has 0 radical (unpaired) electrons. The maximum Gasteiger partial charge on any atom is 0.378 e. The summed E-state index contributed by atoms with van der Waals surface area (Å²) in [5.41, 5.74) is 0. The van der Waals surface area contributed by atoms with Crippen LogP contribution in [0.4, 0.5) is 0 Å². The molecule has 6 nitrogen and oxygen atoms in total. The topological polar surface area (TPSA) is 78.9 Å². The number of rotatable bonds is 5. The summed E-state index contributed by atoms with van der Waals surface area (Å²) in [6, 6.07) is 0. The van der Waals surface area contributed by atoms with Crippen molar-refractivity contribution in [1.82, 2.24) is 0 Å². The van der Waals surface area contributed by atoms with Crippen molar-refractivity contribution in [3.8, 4) is 0 Å². The number of hydrogen-bond donors (Lipinski definition) is 0. The van der Waals surface area contributed by atoms with Crippen molar-refractivity contribution in [3.05, 3.63) is 12.7 Å². The Hall–Kier alpha value is -1.85. The Morgan fingerprint density at radius 3 is 2.44 bits per heavy atom. The van der Waals surface area contributed by atoms with Crippen molar-refractivity contribution in [3.63, 3.8) is 0 Å². The molecule has 0 N–H and O–H groups in total. The molecule has 0 rings (SSSR count). The van der Waals surface area contributed by atoms with E-state index in [4.69, 9.17) is 0 Å². The van der Waals surface area contributed by atoms with Gasteiger partial charge in [-0.25, -0.2) is 19.4 Å². The quantitative estimate of drug-likeness (QED) is 0.300. The second-order valence-electron chi connectivity index (χ2n) is 2.92. The number of esters is 1. The number of carbonyl (C=O) groups is 3. The highest BCUT2D eigenvalue weighted by Gasteiger charge is 2.20. The molecule has 0 aromatic heterocycles. The summed E-state index contributed by atoms with van der Waals surface area (Å²) in [6.07, 6.45) is 0.630. The van der Waals surface area contributed by atoms with E-state index in [0.717, 1.165) is 6.08 Å². The van der Waals surface area contributed by atoms with Crippen LogP contribution in [0.5, 0.6) is 0 Å². The molecular formula is C10H14O6. The lowest BCUT2D eigenvalue weighted by Crippen LogP contribution is -2.20. The van der Waals surface area contributed by atoms with Gasteiger partial charge in [0.25, 0.3) is 0 Å². The lowest BCUT2D eigenvalue weighted by molar-refractivity contribution is -0.255. The molecule has 0 heterocycles. The molecule has 1 atom stereocenters. The van der Waals surface area contributed by atoms with Crippen LogP contribution in [-0.4, -0.2) is 24.5 Å². The zero-order chi connectivity index (χ0) is 12.6. The van der Waals surface area contributed by atoms with Gasteiger partial charge in [-0.05, 0) is 6.92 Å². The summed E-state index contributed by atoms with van der Waals surface area (Å²) in [5, 5.41) is 0. The second kappa shape index (κ2) is 7.44. The average Bonchev–Trinajstić information content (AvgIpc) is 2.26. The van der Waals surface area contributed by atoms with Gasteiger partial charge in [-0.15, -0.1) is 0 Å². The van der Waals surface area contributed by atoms with Crippen molar-refractivity contribution < 1.29 is 28.9 Å². The second-order valence-corrected chi connectivity index (χ2v) is 2.92. The molecule has 0 amide bonds. The standard InChI is InChI=1S/C10H14O6/c1-4-8(11)15-16-9(12)6-7(3)10(13)14-5-2/h4,7H,1,5-6H2,2-3H3. The number of hydrogen-bond acceptors (Lipinski definition) is 6. The van der Waals surface area contributed by atoms with E-state index < -0.39 is 23.8 Å². The van der Waals surface area contributed by atoms with Gasteiger partial charge in [-0.1, -0.05) is 13.5 Å². The molecule has 0 aromatic rings. The minimum absolute atomic E-state index is 0.219. The minimum atomic E-state index is -0.878. The van der Waals surface area contributed by atoms with E-state index in [0.29, 0.717) is 0 Å². The first-order chi connectivity index (χ1) is 7.51. The zero-order valence-corrected chi connectivity index (χ0v) is 9.23. The Morgan fingerprint density at radius 2 is 1.94 bits per heavy atom. The van der Waals surface area contributed by atoms with Gasteiger partial charge in [0.05, 0.1) is 18.9 Å². The van der Waals surface area contributed by atoms with Crippen LogP contribution < -0.4 is 0 Å². The molecule has 0 bridgehead atoms.